The fraction of sp³-hybridized carbons (Fsp3) is 0.231. The van der Waals surface area contributed by atoms with Crippen molar-refractivity contribution in [3.05, 3.63) is 35.4 Å². The first-order valence-corrected chi connectivity index (χ1v) is 5.32. The summed E-state index contributed by atoms with van der Waals surface area (Å²) in [6.45, 7) is 1.75. The summed E-state index contributed by atoms with van der Waals surface area (Å²) in [6.07, 6.45) is 0.430. The van der Waals surface area contributed by atoms with Gasteiger partial charge in [0.2, 0.25) is 5.78 Å². The standard InChI is InChI=1S/C13H11NO4/c1-2-10(13(17)18)8-3-5-9(6-4-8)12(16)11(15)7-14/h3-6,10H,2H2,1H3,(H,17,18). The second kappa shape index (κ2) is 5.73. The largest absolute Gasteiger partial charge is 0.481 e. The molecule has 18 heavy (non-hydrogen) atoms. The van der Waals surface area contributed by atoms with Gasteiger partial charge < -0.3 is 5.11 Å². The molecule has 0 spiro atoms. The van der Waals surface area contributed by atoms with E-state index in [0.717, 1.165) is 0 Å². The normalized spacial score (nSPS) is 11.3. The summed E-state index contributed by atoms with van der Waals surface area (Å²) >= 11 is 0. The van der Waals surface area contributed by atoms with Gasteiger partial charge in [0, 0.05) is 5.56 Å². The van der Waals surface area contributed by atoms with E-state index in [-0.39, 0.29) is 5.56 Å². The molecule has 1 aromatic rings. The molecule has 0 aliphatic rings. The Labute approximate surface area is 104 Å². The molecule has 0 aromatic heterocycles. The van der Waals surface area contributed by atoms with Gasteiger partial charge in [-0.05, 0) is 12.0 Å². The Morgan fingerprint density at radius 1 is 1.28 bits per heavy atom. The third-order valence-corrected chi connectivity index (χ3v) is 2.59. The molecule has 0 bridgehead atoms. The molecule has 0 aliphatic heterocycles. The number of hydrogen-bond acceptors (Lipinski definition) is 4. The second-order valence-electron chi connectivity index (χ2n) is 3.69. The van der Waals surface area contributed by atoms with Crippen molar-refractivity contribution in [1.29, 1.82) is 5.26 Å². The highest BCUT2D eigenvalue weighted by molar-refractivity contribution is 6.48. The van der Waals surface area contributed by atoms with Gasteiger partial charge in [-0.3, -0.25) is 14.4 Å². The van der Waals surface area contributed by atoms with Crippen LogP contribution in [0.1, 0.15) is 35.2 Å². The first-order valence-electron chi connectivity index (χ1n) is 5.32. The fourth-order valence-corrected chi connectivity index (χ4v) is 1.60. The minimum absolute atomic E-state index is 0.0885. The molecule has 0 heterocycles. The van der Waals surface area contributed by atoms with E-state index in [4.69, 9.17) is 10.4 Å². The summed E-state index contributed by atoms with van der Waals surface area (Å²) in [5.41, 5.74) is 0.650. The number of carboxylic acid groups (broad SMARTS) is 1. The highest BCUT2D eigenvalue weighted by Gasteiger charge is 2.19. The Morgan fingerprint density at radius 3 is 2.22 bits per heavy atom. The van der Waals surface area contributed by atoms with Gasteiger partial charge in [0.1, 0.15) is 6.07 Å². The second-order valence-corrected chi connectivity index (χ2v) is 3.69. The summed E-state index contributed by atoms with van der Waals surface area (Å²) in [5.74, 6) is -3.59. The zero-order chi connectivity index (χ0) is 13.7. The van der Waals surface area contributed by atoms with Crippen LogP contribution in [0.25, 0.3) is 0 Å². The molecule has 92 valence electrons. The van der Waals surface area contributed by atoms with Crippen LogP contribution in [-0.4, -0.2) is 22.6 Å². The zero-order valence-electron chi connectivity index (χ0n) is 9.71. The van der Waals surface area contributed by atoms with Gasteiger partial charge in [-0.15, -0.1) is 0 Å². The lowest BCUT2D eigenvalue weighted by atomic mass is 9.95. The number of carboxylic acids is 1. The van der Waals surface area contributed by atoms with Crippen LogP contribution in [-0.2, 0) is 9.59 Å². The topological polar surface area (TPSA) is 95.2 Å². The molecule has 0 fully saturated rings. The van der Waals surface area contributed by atoms with E-state index in [0.29, 0.717) is 12.0 Å². The van der Waals surface area contributed by atoms with Gasteiger partial charge in [0.15, 0.2) is 0 Å². The summed E-state index contributed by atoms with van der Waals surface area (Å²) in [5, 5.41) is 17.3. The molecule has 1 aromatic carbocycles. The average Bonchev–Trinajstić information content (AvgIpc) is 2.38. The van der Waals surface area contributed by atoms with Gasteiger partial charge in [0.05, 0.1) is 5.92 Å². The number of nitriles is 1. The summed E-state index contributed by atoms with van der Waals surface area (Å²) < 4.78 is 0. The molecule has 0 amide bonds. The zero-order valence-corrected chi connectivity index (χ0v) is 9.71. The predicted octanol–water partition coefficient (Wildman–Crippen LogP) is 1.54. The first-order chi connectivity index (χ1) is 8.51. The van der Waals surface area contributed by atoms with Crippen molar-refractivity contribution >= 4 is 17.5 Å². The highest BCUT2D eigenvalue weighted by atomic mass is 16.4. The maximum atomic E-state index is 11.4. The van der Waals surface area contributed by atoms with E-state index in [1.165, 1.54) is 30.3 Å². The van der Waals surface area contributed by atoms with Crippen LogP contribution in [0.2, 0.25) is 0 Å². The van der Waals surface area contributed by atoms with Crippen molar-refractivity contribution in [3.8, 4) is 6.07 Å². The Morgan fingerprint density at radius 2 is 1.83 bits per heavy atom. The van der Waals surface area contributed by atoms with E-state index in [2.05, 4.69) is 0 Å². The molecule has 1 atom stereocenters. The quantitative estimate of drug-likeness (QED) is 0.482. The Balaban J connectivity index is 3.00. The van der Waals surface area contributed by atoms with Gasteiger partial charge in [-0.2, -0.15) is 5.26 Å². The number of hydrogen-bond donors (Lipinski definition) is 1. The number of Topliss-reactive ketones (excluding diaryl/α,β-unsaturated/α-hetero) is 2. The third-order valence-electron chi connectivity index (χ3n) is 2.59. The van der Waals surface area contributed by atoms with Crippen LogP contribution in [0.15, 0.2) is 24.3 Å². The molecule has 0 saturated heterocycles. The lowest BCUT2D eigenvalue weighted by Crippen LogP contribution is -2.13. The average molecular weight is 245 g/mol. The first kappa shape index (κ1) is 13.6. The Hall–Kier alpha value is -2.48. The van der Waals surface area contributed by atoms with E-state index in [1.807, 2.05) is 0 Å². The third kappa shape index (κ3) is 2.80. The van der Waals surface area contributed by atoms with E-state index >= 15 is 0 Å². The van der Waals surface area contributed by atoms with Crippen molar-refractivity contribution < 1.29 is 19.5 Å². The number of ketones is 2. The molecule has 1 N–H and O–H groups in total. The van der Waals surface area contributed by atoms with E-state index in [1.54, 1.807) is 6.92 Å². The molecule has 5 heteroatoms. The number of rotatable bonds is 5. The molecule has 0 radical (unpaired) electrons. The summed E-state index contributed by atoms with van der Waals surface area (Å²) in [4.78, 5) is 33.2. The van der Waals surface area contributed by atoms with Crippen LogP contribution in [0.3, 0.4) is 0 Å². The number of benzene rings is 1. The fourth-order valence-electron chi connectivity index (χ4n) is 1.60. The Kier molecular flexibility index (Phi) is 4.33. The predicted molar refractivity (Wildman–Crippen MR) is 62.1 cm³/mol. The molecule has 0 aliphatic carbocycles. The van der Waals surface area contributed by atoms with Gasteiger partial charge in [-0.25, -0.2) is 0 Å². The minimum atomic E-state index is -1.13. The van der Waals surface area contributed by atoms with Gasteiger partial charge in [-0.1, -0.05) is 31.2 Å². The number of carbonyl (C=O) groups is 3. The number of nitrogens with zero attached hydrogens (tertiary/aromatic N) is 1. The molecule has 1 rings (SSSR count). The molecule has 0 saturated carbocycles. The van der Waals surface area contributed by atoms with E-state index in [9.17, 15) is 14.4 Å². The highest BCUT2D eigenvalue weighted by Crippen LogP contribution is 2.20. The van der Waals surface area contributed by atoms with Gasteiger partial charge >= 0.3 is 11.8 Å². The van der Waals surface area contributed by atoms with Crippen molar-refractivity contribution in [2.75, 3.05) is 0 Å². The SMILES string of the molecule is CCC(C(=O)O)c1ccc(C(=O)C(=O)C#N)cc1. The molecule has 1 unspecified atom stereocenters. The van der Waals surface area contributed by atoms with Crippen molar-refractivity contribution in [1.82, 2.24) is 0 Å². The monoisotopic (exact) mass is 245 g/mol. The number of carbonyl (C=O) groups excluding carboxylic acids is 2. The molecule has 5 nitrogen and oxygen atoms in total. The molecular formula is C13H11NO4. The maximum Gasteiger partial charge on any atom is 0.310 e. The minimum Gasteiger partial charge on any atom is -0.481 e. The van der Waals surface area contributed by atoms with Crippen LogP contribution in [0.5, 0.6) is 0 Å². The van der Waals surface area contributed by atoms with Crippen LogP contribution >= 0.6 is 0 Å². The lowest BCUT2D eigenvalue weighted by molar-refractivity contribution is -0.138. The van der Waals surface area contributed by atoms with Crippen LogP contribution in [0.4, 0.5) is 0 Å². The van der Waals surface area contributed by atoms with Gasteiger partial charge in [0.25, 0.3) is 0 Å². The lowest BCUT2D eigenvalue weighted by Gasteiger charge is -2.09. The number of aliphatic carboxylic acids is 1. The van der Waals surface area contributed by atoms with Crippen LogP contribution < -0.4 is 0 Å². The maximum absolute atomic E-state index is 11.4. The van der Waals surface area contributed by atoms with Crippen molar-refractivity contribution in [2.24, 2.45) is 0 Å². The summed E-state index contributed by atoms with van der Waals surface area (Å²) in [7, 11) is 0. The van der Waals surface area contributed by atoms with Crippen molar-refractivity contribution in [2.45, 2.75) is 19.3 Å². The summed E-state index contributed by atoms with van der Waals surface area (Å²) in [6, 6.07) is 6.94. The van der Waals surface area contributed by atoms with E-state index < -0.39 is 23.5 Å². The smallest absolute Gasteiger partial charge is 0.310 e. The molecular weight excluding hydrogens is 234 g/mol. The van der Waals surface area contributed by atoms with Crippen molar-refractivity contribution in [3.63, 3.8) is 0 Å². The van der Waals surface area contributed by atoms with Crippen LogP contribution in [0, 0.1) is 11.3 Å². The Bertz CT molecular complexity index is 525.